The molecule has 2 aromatic rings. The number of hydrogen-bond acceptors (Lipinski definition) is 6. The summed E-state index contributed by atoms with van der Waals surface area (Å²) in [5, 5.41) is 0. The second-order valence-electron chi connectivity index (χ2n) is 4.69. The molecule has 0 unspecified atom stereocenters. The zero-order chi connectivity index (χ0) is 18.1. The molecular weight excluding hydrogens is 360 g/mol. The van der Waals surface area contributed by atoms with Crippen LogP contribution in [-0.2, 0) is 20.2 Å². The summed E-state index contributed by atoms with van der Waals surface area (Å²) in [6.07, 6.45) is 0.484. The van der Waals surface area contributed by atoms with Crippen molar-refractivity contribution in [1.29, 1.82) is 0 Å². The Kier molecular flexibility index (Phi) is 4.67. The lowest BCUT2D eigenvalue weighted by molar-refractivity contribution is 0.111. The normalized spacial score (nSPS) is 11.9. The van der Waals surface area contributed by atoms with Crippen molar-refractivity contribution in [2.24, 2.45) is 0 Å². The Morgan fingerprint density at radius 2 is 1.00 bits per heavy atom. The standard InChI is InChI=1S/C14H10O8S2/c15-7-11-3-1-9(5-13(11)23(17,18)19)10-2-4-12(8-16)14(6-10)24(20,21)22/h1-8H,(H,17,18,19)(H,20,21,22). The van der Waals surface area contributed by atoms with E-state index in [1.54, 1.807) is 0 Å². The molecule has 0 fully saturated rings. The number of rotatable bonds is 5. The molecule has 0 spiro atoms. The van der Waals surface area contributed by atoms with Crippen LogP contribution in [0.1, 0.15) is 20.7 Å². The van der Waals surface area contributed by atoms with Crippen molar-refractivity contribution in [3.05, 3.63) is 47.5 Å². The summed E-state index contributed by atoms with van der Waals surface area (Å²) in [4.78, 5) is 20.4. The minimum absolute atomic E-state index is 0.149. The molecule has 2 rings (SSSR count). The Bertz CT molecular complexity index is 951. The molecule has 2 aromatic carbocycles. The van der Waals surface area contributed by atoms with Crippen molar-refractivity contribution >= 4 is 32.8 Å². The molecule has 0 atom stereocenters. The molecule has 0 aliphatic rings. The zero-order valence-electron chi connectivity index (χ0n) is 11.8. The molecule has 126 valence electrons. The summed E-state index contributed by atoms with van der Waals surface area (Å²) in [5.74, 6) is 0. The monoisotopic (exact) mass is 370 g/mol. The van der Waals surface area contributed by atoms with Gasteiger partial charge in [0.15, 0.2) is 12.6 Å². The third-order valence-corrected chi connectivity index (χ3v) is 4.99. The predicted octanol–water partition coefficient (Wildman–Crippen LogP) is 1.47. The second kappa shape index (κ2) is 6.24. The van der Waals surface area contributed by atoms with Crippen LogP contribution >= 0.6 is 0 Å². The van der Waals surface area contributed by atoms with Crippen molar-refractivity contribution < 1.29 is 35.5 Å². The summed E-state index contributed by atoms with van der Waals surface area (Å²) in [5.41, 5.74) is -0.257. The van der Waals surface area contributed by atoms with Crippen molar-refractivity contribution in [2.75, 3.05) is 0 Å². The summed E-state index contributed by atoms with van der Waals surface area (Å²) in [7, 11) is -9.36. The lowest BCUT2D eigenvalue weighted by Crippen LogP contribution is -2.04. The highest BCUT2D eigenvalue weighted by Crippen LogP contribution is 2.28. The molecule has 24 heavy (non-hydrogen) atoms. The highest BCUT2D eigenvalue weighted by atomic mass is 32.2. The van der Waals surface area contributed by atoms with Crippen LogP contribution in [0.5, 0.6) is 0 Å². The van der Waals surface area contributed by atoms with Crippen LogP contribution in [0.4, 0.5) is 0 Å². The van der Waals surface area contributed by atoms with Gasteiger partial charge in [0.25, 0.3) is 20.2 Å². The van der Waals surface area contributed by atoms with Crippen LogP contribution in [0.3, 0.4) is 0 Å². The van der Waals surface area contributed by atoms with E-state index >= 15 is 0 Å². The van der Waals surface area contributed by atoms with E-state index in [-0.39, 0.29) is 34.8 Å². The third-order valence-electron chi connectivity index (χ3n) is 3.17. The first-order valence-electron chi connectivity index (χ1n) is 6.21. The van der Waals surface area contributed by atoms with Crippen LogP contribution < -0.4 is 0 Å². The van der Waals surface area contributed by atoms with Gasteiger partial charge in [-0.25, -0.2) is 0 Å². The first kappa shape index (κ1) is 17.9. The van der Waals surface area contributed by atoms with Gasteiger partial charge in [0, 0.05) is 11.1 Å². The first-order valence-corrected chi connectivity index (χ1v) is 9.10. The highest BCUT2D eigenvalue weighted by molar-refractivity contribution is 7.86. The maximum Gasteiger partial charge on any atom is 0.295 e. The quantitative estimate of drug-likeness (QED) is 0.595. The van der Waals surface area contributed by atoms with E-state index in [1.165, 1.54) is 12.1 Å². The van der Waals surface area contributed by atoms with Crippen LogP contribution in [-0.4, -0.2) is 38.5 Å². The van der Waals surface area contributed by atoms with Gasteiger partial charge in [-0.2, -0.15) is 16.8 Å². The number of hydrogen-bond donors (Lipinski definition) is 2. The molecule has 8 nitrogen and oxygen atoms in total. The lowest BCUT2D eigenvalue weighted by atomic mass is 10.0. The van der Waals surface area contributed by atoms with E-state index in [0.717, 1.165) is 24.3 Å². The van der Waals surface area contributed by atoms with Crippen LogP contribution in [0.2, 0.25) is 0 Å². The fourth-order valence-electron chi connectivity index (χ4n) is 2.07. The van der Waals surface area contributed by atoms with E-state index in [0.29, 0.717) is 0 Å². The molecule has 0 aromatic heterocycles. The average Bonchev–Trinajstić information content (AvgIpc) is 2.52. The van der Waals surface area contributed by atoms with Crippen LogP contribution in [0.15, 0.2) is 46.2 Å². The van der Waals surface area contributed by atoms with Gasteiger partial charge in [-0.05, 0) is 35.4 Å². The minimum atomic E-state index is -4.68. The Balaban J connectivity index is 2.74. The fourth-order valence-corrected chi connectivity index (χ4v) is 3.45. The molecule has 0 amide bonds. The molecule has 10 heteroatoms. The van der Waals surface area contributed by atoms with Gasteiger partial charge >= 0.3 is 0 Å². The Morgan fingerprint density at radius 1 is 0.667 bits per heavy atom. The minimum Gasteiger partial charge on any atom is -0.298 e. The predicted molar refractivity (Wildman–Crippen MR) is 82.3 cm³/mol. The molecule has 2 N–H and O–H groups in total. The maximum absolute atomic E-state index is 11.3. The number of carbonyl (C=O) groups is 2. The number of benzene rings is 2. The summed E-state index contributed by atoms with van der Waals surface area (Å²) in [6, 6.07) is 6.86. The Labute approximate surface area is 137 Å². The third kappa shape index (κ3) is 3.57. The molecule has 0 aliphatic heterocycles. The van der Waals surface area contributed by atoms with E-state index in [9.17, 15) is 26.4 Å². The summed E-state index contributed by atoms with van der Waals surface area (Å²) < 4.78 is 63.7. The largest absolute Gasteiger partial charge is 0.298 e. The average molecular weight is 370 g/mol. The molecule has 0 bridgehead atoms. The number of aldehydes is 2. The van der Waals surface area contributed by atoms with Crippen LogP contribution in [0.25, 0.3) is 11.1 Å². The van der Waals surface area contributed by atoms with E-state index < -0.39 is 30.0 Å². The number of carbonyl (C=O) groups excluding carboxylic acids is 2. The van der Waals surface area contributed by atoms with Gasteiger partial charge < -0.3 is 0 Å². The van der Waals surface area contributed by atoms with Gasteiger partial charge in [-0.3, -0.25) is 18.7 Å². The van der Waals surface area contributed by atoms with Gasteiger partial charge in [-0.15, -0.1) is 0 Å². The van der Waals surface area contributed by atoms with Gasteiger partial charge in [-0.1, -0.05) is 12.1 Å². The van der Waals surface area contributed by atoms with Crippen LogP contribution in [0, 0.1) is 0 Å². The van der Waals surface area contributed by atoms with Gasteiger partial charge in [0.2, 0.25) is 0 Å². The van der Waals surface area contributed by atoms with Crippen molar-refractivity contribution in [3.8, 4) is 11.1 Å². The van der Waals surface area contributed by atoms with Crippen molar-refractivity contribution in [1.82, 2.24) is 0 Å². The van der Waals surface area contributed by atoms with Crippen molar-refractivity contribution in [2.45, 2.75) is 9.79 Å². The molecule has 0 heterocycles. The summed E-state index contributed by atoms with van der Waals surface area (Å²) in [6.45, 7) is 0. The molecule has 0 saturated carbocycles. The van der Waals surface area contributed by atoms with E-state index in [4.69, 9.17) is 9.11 Å². The highest BCUT2D eigenvalue weighted by Gasteiger charge is 2.19. The zero-order valence-corrected chi connectivity index (χ0v) is 13.4. The molecular formula is C14H10O8S2. The maximum atomic E-state index is 11.3. The van der Waals surface area contributed by atoms with Gasteiger partial charge in [0.05, 0.1) is 0 Å². The van der Waals surface area contributed by atoms with Gasteiger partial charge in [0.1, 0.15) is 9.79 Å². The SMILES string of the molecule is O=Cc1ccc(-c2ccc(C=O)c(S(=O)(=O)O)c2)cc1S(=O)(=O)O. The molecule has 0 aliphatic carbocycles. The smallest absolute Gasteiger partial charge is 0.295 e. The fraction of sp³-hybridized carbons (Fsp3) is 0. The molecule has 0 radical (unpaired) electrons. The lowest BCUT2D eigenvalue weighted by Gasteiger charge is -2.09. The Morgan fingerprint density at radius 3 is 1.25 bits per heavy atom. The first-order chi connectivity index (χ1) is 11.1. The second-order valence-corrected chi connectivity index (χ2v) is 7.47. The van der Waals surface area contributed by atoms with E-state index in [1.807, 2.05) is 0 Å². The summed E-state index contributed by atoms with van der Waals surface area (Å²) >= 11 is 0. The molecule has 0 saturated heterocycles. The van der Waals surface area contributed by atoms with Crippen molar-refractivity contribution in [3.63, 3.8) is 0 Å². The van der Waals surface area contributed by atoms with E-state index in [2.05, 4.69) is 0 Å². The Hall–Kier alpha value is -2.40. The topological polar surface area (TPSA) is 143 Å².